The number of hydrogen-bond donors (Lipinski definition) is 1. The van der Waals surface area contributed by atoms with E-state index >= 15 is 0 Å². The SMILES string of the molecule is CC(=O)c1cccc(NC(=O)C2CC(=O)N(c3ccc(Cl)cc3C)C2)c1. The lowest BCUT2D eigenvalue weighted by molar-refractivity contribution is -0.122. The first-order valence-electron chi connectivity index (χ1n) is 8.33. The lowest BCUT2D eigenvalue weighted by atomic mass is 10.1. The van der Waals surface area contributed by atoms with Gasteiger partial charge in [0.2, 0.25) is 11.8 Å². The molecule has 0 aliphatic carbocycles. The molecule has 2 aromatic rings. The van der Waals surface area contributed by atoms with Gasteiger partial charge < -0.3 is 10.2 Å². The third-order valence-electron chi connectivity index (χ3n) is 4.48. The molecule has 1 N–H and O–H groups in total. The third kappa shape index (κ3) is 3.78. The number of hydrogen-bond acceptors (Lipinski definition) is 3. The number of carbonyl (C=O) groups is 3. The molecule has 1 heterocycles. The third-order valence-corrected chi connectivity index (χ3v) is 4.72. The summed E-state index contributed by atoms with van der Waals surface area (Å²) in [4.78, 5) is 38.0. The smallest absolute Gasteiger partial charge is 0.229 e. The van der Waals surface area contributed by atoms with Crippen LogP contribution < -0.4 is 10.2 Å². The van der Waals surface area contributed by atoms with Crippen molar-refractivity contribution in [3.05, 3.63) is 58.6 Å². The standard InChI is InChI=1S/C20H19ClN2O3/c1-12-8-16(21)6-7-18(12)23-11-15(10-19(23)25)20(26)22-17-5-3-4-14(9-17)13(2)24/h3-9,15H,10-11H2,1-2H3,(H,22,26). The van der Waals surface area contributed by atoms with E-state index in [0.717, 1.165) is 11.3 Å². The van der Waals surface area contributed by atoms with Gasteiger partial charge in [0, 0.05) is 34.9 Å². The summed E-state index contributed by atoms with van der Waals surface area (Å²) in [5, 5.41) is 3.41. The highest BCUT2D eigenvalue weighted by Gasteiger charge is 2.35. The Hall–Kier alpha value is -2.66. The number of rotatable bonds is 4. The molecule has 0 saturated carbocycles. The Labute approximate surface area is 156 Å². The van der Waals surface area contributed by atoms with Gasteiger partial charge in [-0.05, 0) is 49.7 Å². The minimum atomic E-state index is -0.446. The van der Waals surface area contributed by atoms with Crippen molar-refractivity contribution in [2.75, 3.05) is 16.8 Å². The molecule has 6 heteroatoms. The van der Waals surface area contributed by atoms with E-state index in [9.17, 15) is 14.4 Å². The number of halogens is 1. The summed E-state index contributed by atoms with van der Waals surface area (Å²) < 4.78 is 0. The molecule has 134 valence electrons. The summed E-state index contributed by atoms with van der Waals surface area (Å²) in [6.07, 6.45) is 0.153. The molecule has 3 rings (SSSR count). The highest BCUT2D eigenvalue weighted by atomic mass is 35.5. The highest BCUT2D eigenvalue weighted by molar-refractivity contribution is 6.30. The van der Waals surface area contributed by atoms with Crippen LogP contribution in [-0.2, 0) is 9.59 Å². The van der Waals surface area contributed by atoms with Crippen LogP contribution in [0.2, 0.25) is 5.02 Å². The van der Waals surface area contributed by atoms with Gasteiger partial charge in [0.05, 0.1) is 5.92 Å². The summed E-state index contributed by atoms with van der Waals surface area (Å²) in [6, 6.07) is 12.1. The van der Waals surface area contributed by atoms with Crippen LogP contribution in [0.15, 0.2) is 42.5 Å². The van der Waals surface area contributed by atoms with E-state index in [2.05, 4.69) is 5.32 Å². The topological polar surface area (TPSA) is 66.5 Å². The van der Waals surface area contributed by atoms with Crippen molar-refractivity contribution >= 4 is 40.6 Å². The predicted octanol–water partition coefficient (Wildman–Crippen LogP) is 3.84. The highest BCUT2D eigenvalue weighted by Crippen LogP contribution is 2.30. The average molecular weight is 371 g/mol. The number of amides is 2. The number of ketones is 1. The first-order chi connectivity index (χ1) is 12.3. The van der Waals surface area contributed by atoms with Gasteiger partial charge >= 0.3 is 0 Å². The van der Waals surface area contributed by atoms with Gasteiger partial charge in [-0.2, -0.15) is 0 Å². The van der Waals surface area contributed by atoms with Crippen molar-refractivity contribution in [3.8, 4) is 0 Å². The van der Waals surface area contributed by atoms with Crippen molar-refractivity contribution in [3.63, 3.8) is 0 Å². The second-order valence-corrected chi connectivity index (χ2v) is 6.90. The molecule has 2 aromatic carbocycles. The Kier molecular flexibility index (Phi) is 5.09. The minimum absolute atomic E-state index is 0.0680. The molecule has 1 aliphatic rings. The van der Waals surface area contributed by atoms with Crippen LogP contribution in [0.3, 0.4) is 0 Å². The van der Waals surface area contributed by atoms with E-state index in [4.69, 9.17) is 11.6 Å². The van der Waals surface area contributed by atoms with Gasteiger partial charge in [-0.25, -0.2) is 0 Å². The van der Waals surface area contributed by atoms with Crippen molar-refractivity contribution in [1.29, 1.82) is 0 Å². The van der Waals surface area contributed by atoms with Crippen molar-refractivity contribution in [2.24, 2.45) is 5.92 Å². The lowest BCUT2D eigenvalue weighted by Crippen LogP contribution is -2.28. The van der Waals surface area contributed by atoms with Gasteiger partial charge in [-0.3, -0.25) is 14.4 Å². The fourth-order valence-corrected chi connectivity index (χ4v) is 3.32. The van der Waals surface area contributed by atoms with E-state index in [1.807, 2.05) is 6.92 Å². The molecule has 0 aromatic heterocycles. The van der Waals surface area contributed by atoms with E-state index < -0.39 is 5.92 Å². The number of Topliss-reactive ketones (excluding diaryl/α,β-unsaturated/α-hetero) is 1. The van der Waals surface area contributed by atoms with E-state index in [1.165, 1.54) is 6.92 Å². The Morgan fingerprint density at radius 3 is 2.65 bits per heavy atom. The Morgan fingerprint density at radius 1 is 1.19 bits per heavy atom. The fourth-order valence-electron chi connectivity index (χ4n) is 3.10. The molecular formula is C20H19ClN2O3. The van der Waals surface area contributed by atoms with Gasteiger partial charge in [0.15, 0.2) is 5.78 Å². The Balaban J connectivity index is 1.73. The number of carbonyl (C=O) groups excluding carboxylic acids is 3. The van der Waals surface area contributed by atoms with E-state index in [1.54, 1.807) is 47.4 Å². The maximum absolute atomic E-state index is 12.6. The maximum atomic E-state index is 12.6. The summed E-state index contributed by atoms with van der Waals surface area (Å²) in [5.41, 5.74) is 2.74. The zero-order chi connectivity index (χ0) is 18.8. The molecule has 26 heavy (non-hydrogen) atoms. The molecule has 1 atom stereocenters. The number of nitrogens with zero attached hydrogens (tertiary/aromatic N) is 1. The van der Waals surface area contributed by atoms with Crippen molar-refractivity contribution < 1.29 is 14.4 Å². The zero-order valence-electron chi connectivity index (χ0n) is 14.6. The second kappa shape index (κ2) is 7.30. The summed E-state index contributed by atoms with van der Waals surface area (Å²) in [5.74, 6) is -0.832. The number of anilines is 2. The van der Waals surface area contributed by atoms with E-state index in [-0.39, 0.29) is 24.0 Å². The van der Waals surface area contributed by atoms with Crippen LogP contribution in [0.4, 0.5) is 11.4 Å². The molecule has 0 bridgehead atoms. The van der Waals surface area contributed by atoms with Crippen LogP contribution in [0.25, 0.3) is 0 Å². The molecular weight excluding hydrogens is 352 g/mol. The number of aryl methyl sites for hydroxylation is 1. The molecule has 1 fully saturated rings. The minimum Gasteiger partial charge on any atom is -0.326 e. The number of benzene rings is 2. The predicted molar refractivity (Wildman–Crippen MR) is 102 cm³/mol. The largest absolute Gasteiger partial charge is 0.326 e. The van der Waals surface area contributed by atoms with Crippen molar-refractivity contribution in [2.45, 2.75) is 20.3 Å². The zero-order valence-corrected chi connectivity index (χ0v) is 15.3. The van der Waals surface area contributed by atoms with Crippen LogP contribution >= 0.6 is 11.6 Å². The summed E-state index contributed by atoms with van der Waals surface area (Å²) >= 11 is 5.97. The van der Waals surface area contributed by atoms with Crippen LogP contribution in [0.5, 0.6) is 0 Å². The number of nitrogens with one attached hydrogen (secondary N) is 1. The average Bonchev–Trinajstić information content (AvgIpc) is 2.97. The fraction of sp³-hybridized carbons (Fsp3) is 0.250. The van der Waals surface area contributed by atoms with Crippen LogP contribution in [-0.4, -0.2) is 24.1 Å². The molecule has 1 saturated heterocycles. The van der Waals surface area contributed by atoms with Crippen LogP contribution in [0.1, 0.15) is 29.3 Å². The molecule has 5 nitrogen and oxygen atoms in total. The van der Waals surface area contributed by atoms with Gasteiger partial charge in [-0.1, -0.05) is 23.7 Å². The maximum Gasteiger partial charge on any atom is 0.229 e. The second-order valence-electron chi connectivity index (χ2n) is 6.46. The van der Waals surface area contributed by atoms with E-state index in [0.29, 0.717) is 22.8 Å². The molecule has 1 unspecified atom stereocenters. The normalized spacial score (nSPS) is 16.7. The lowest BCUT2D eigenvalue weighted by Gasteiger charge is -2.19. The molecule has 1 aliphatic heterocycles. The van der Waals surface area contributed by atoms with Crippen LogP contribution in [0, 0.1) is 12.8 Å². The first kappa shape index (κ1) is 18.1. The Morgan fingerprint density at radius 2 is 1.96 bits per heavy atom. The summed E-state index contributed by atoms with van der Waals surface area (Å²) in [6.45, 7) is 3.68. The quantitative estimate of drug-likeness (QED) is 0.831. The summed E-state index contributed by atoms with van der Waals surface area (Å²) in [7, 11) is 0. The monoisotopic (exact) mass is 370 g/mol. The molecule has 2 amide bonds. The molecule has 0 spiro atoms. The van der Waals surface area contributed by atoms with Gasteiger partial charge in [-0.15, -0.1) is 0 Å². The van der Waals surface area contributed by atoms with Gasteiger partial charge in [0.25, 0.3) is 0 Å². The van der Waals surface area contributed by atoms with Crippen molar-refractivity contribution in [1.82, 2.24) is 0 Å². The first-order valence-corrected chi connectivity index (χ1v) is 8.71. The molecule has 0 radical (unpaired) electrons. The van der Waals surface area contributed by atoms with Gasteiger partial charge in [0.1, 0.15) is 0 Å². The Bertz CT molecular complexity index is 894.